The van der Waals surface area contributed by atoms with E-state index < -0.39 is 0 Å². The second-order valence-electron chi connectivity index (χ2n) is 5.17. The summed E-state index contributed by atoms with van der Waals surface area (Å²) in [4.78, 5) is 8.57. The Kier molecular flexibility index (Phi) is 3.18. The first-order valence-electron chi connectivity index (χ1n) is 5.79. The molecule has 0 saturated carbocycles. The highest BCUT2D eigenvalue weighted by Gasteiger charge is 2.10. The molecule has 2 aromatic rings. The number of nitrogens with zero attached hydrogens (tertiary/aromatic N) is 4. The van der Waals surface area contributed by atoms with Crippen LogP contribution in [0.3, 0.4) is 0 Å². The van der Waals surface area contributed by atoms with Crippen LogP contribution in [0, 0.1) is 0 Å². The van der Waals surface area contributed by atoms with E-state index in [0.717, 1.165) is 11.5 Å². The summed E-state index contributed by atoms with van der Waals surface area (Å²) in [6.45, 7) is 6.26. The first-order valence-corrected chi connectivity index (χ1v) is 5.79. The largest absolute Gasteiger partial charge is 0.365 e. The molecule has 0 atom stereocenters. The van der Waals surface area contributed by atoms with Crippen molar-refractivity contribution >= 4 is 17.5 Å². The Morgan fingerprint density at radius 3 is 2.67 bits per heavy atom. The summed E-state index contributed by atoms with van der Waals surface area (Å²) >= 11 is 0. The van der Waals surface area contributed by atoms with Gasteiger partial charge in [-0.05, 0) is 26.8 Å². The van der Waals surface area contributed by atoms with Crippen LogP contribution in [0.25, 0.3) is 0 Å². The summed E-state index contributed by atoms with van der Waals surface area (Å²) in [7, 11) is 1.86. The van der Waals surface area contributed by atoms with Gasteiger partial charge in [0.05, 0.1) is 11.9 Å². The lowest BCUT2D eigenvalue weighted by molar-refractivity contribution is 0.630. The predicted molar refractivity (Wildman–Crippen MR) is 71.9 cm³/mol. The van der Waals surface area contributed by atoms with Crippen LogP contribution < -0.4 is 10.6 Å². The first kappa shape index (κ1) is 12.3. The summed E-state index contributed by atoms with van der Waals surface area (Å²) in [5.74, 6) is 1.35. The van der Waals surface area contributed by atoms with Crippen molar-refractivity contribution in [2.24, 2.45) is 7.05 Å². The Labute approximate surface area is 106 Å². The van der Waals surface area contributed by atoms with E-state index in [-0.39, 0.29) is 5.54 Å². The highest BCUT2D eigenvalue weighted by molar-refractivity contribution is 5.52. The van der Waals surface area contributed by atoms with Gasteiger partial charge in [-0.25, -0.2) is 4.98 Å². The summed E-state index contributed by atoms with van der Waals surface area (Å²) < 4.78 is 1.72. The topological polar surface area (TPSA) is 67.7 Å². The predicted octanol–water partition coefficient (Wildman–Crippen LogP) is 2.16. The van der Waals surface area contributed by atoms with Gasteiger partial charge in [0, 0.05) is 25.0 Å². The van der Waals surface area contributed by atoms with Crippen LogP contribution in [0.5, 0.6) is 0 Å². The standard InChI is InChI=1S/C12H18N6/c1-12(2,3)17-10-5-6-13-11(16-10)15-9-7-14-18(4)8-9/h5-8H,1-4H3,(H2,13,15,16,17). The van der Waals surface area contributed by atoms with Gasteiger partial charge in [0.2, 0.25) is 5.95 Å². The minimum absolute atomic E-state index is 0.0279. The minimum Gasteiger partial charge on any atom is -0.365 e. The van der Waals surface area contributed by atoms with Gasteiger partial charge in [0.25, 0.3) is 0 Å². The Morgan fingerprint density at radius 1 is 1.28 bits per heavy atom. The maximum absolute atomic E-state index is 4.39. The molecule has 0 aliphatic carbocycles. The van der Waals surface area contributed by atoms with Crippen LogP contribution in [-0.4, -0.2) is 25.3 Å². The smallest absolute Gasteiger partial charge is 0.229 e. The van der Waals surface area contributed by atoms with Crippen LogP contribution in [0.15, 0.2) is 24.7 Å². The molecule has 0 fully saturated rings. The minimum atomic E-state index is -0.0279. The van der Waals surface area contributed by atoms with E-state index in [9.17, 15) is 0 Å². The molecular weight excluding hydrogens is 228 g/mol. The van der Waals surface area contributed by atoms with Crippen LogP contribution in [0.4, 0.5) is 17.5 Å². The van der Waals surface area contributed by atoms with Crippen molar-refractivity contribution in [2.45, 2.75) is 26.3 Å². The first-order chi connectivity index (χ1) is 8.42. The lowest BCUT2D eigenvalue weighted by Crippen LogP contribution is -2.26. The van der Waals surface area contributed by atoms with Gasteiger partial charge in [0.15, 0.2) is 0 Å². The number of hydrogen-bond donors (Lipinski definition) is 2. The Balaban J connectivity index is 2.12. The summed E-state index contributed by atoms with van der Waals surface area (Å²) in [5, 5.41) is 10.5. The van der Waals surface area contributed by atoms with Crippen molar-refractivity contribution in [1.29, 1.82) is 0 Å². The average molecular weight is 246 g/mol. The molecule has 2 N–H and O–H groups in total. The molecule has 2 aromatic heterocycles. The zero-order chi connectivity index (χ0) is 13.2. The van der Waals surface area contributed by atoms with E-state index in [0.29, 0.717) is 5.95 Å². The third-order valence-electron chi connectivity index (χ3n) is 2.12. The van der Waals surface area contributed by atoms with Crippen molar-refractivity contribution in [3.63, 3.8) is 0 Å². The number of hydrogen-bond acceptors (Lipinski definition) is 5. The molecule has 0 saturated heterocycles. The molecular formula is C12H18N6. The van der Waals surface area contributed by atoms with Crippen molar-refractivity contribution in [3.8, 4) is 0 Å². The zero-order valence-electron chi connectivity index (χ0n) is 11.1. The highest BCUT2D eigenvalue weighted by Crippen LogP contribution is 2.15. The maximum Gasteiger partial charge on any atom is 0.229 e. The Bertz CT molecular complexity index is 525. The number of anilines is 3. The second-order valence-corrected chi connectivity index (χ2v) is 5.17. The molecule has 0 bridgehead atoms. The zero-order valence-corrected chi connectivity index (χ0v) is 11.1. The molecule has 2 rings (SSSR count). The van der Waals surface area contributed by atoms with Crippen molar-refractivity contribution in [1.82, 2.24) is 19.7 Å². The van der Waals surface area contributed by atoms with Gasteiger partial charge in [-0.1, -0.05) is 0 Å². The van der Waals surface area contributed by atoms with Crippen molar-refractivity contribution in [2.75, 3.05) is 10.6 Å². The molecule has 2 heterocycles. The SMILES string of the molecule is Cn1cc(Nc2nccc(NC(C)(C)C)n2)cn1. The molecule has 6 heteroatoms. The number of rotatable bonds is 3. The average Bonchev–Trinajstić information content (AvgIpc) is 2.62. The number of aromatic nitrogens is 4. The molecule has 6 nitrogen and oxygen atoms in total. The third-order valence-corrected chi connectivity index (χ3v) is 2.12. The van der Waals surface area contributed by atoms with Gasteiger partial charge in [-0.15, -0.1) is 0 Å². The van der Waals surface area contributed by atoms with E-state index in [1.807, 2.05) is 19.3 Å². The normalized spacial score (nSPS) is 11.3. The fraction of sp³-hybridized carbons (Fsp3) is 0.417. The van der Waals surface area contributed by atoms with Gasteiger partial charge in [0.1, 0.15) is 5.82 Å². The van der Waals surface area contributed by atoms with E-state index in [1.54, 1.807) is 17.1 Å². The molecule has 0 radical (unpaired) electrons. The van der Waals surface area contributed by atoms with Crippen LogP contribution in [0.1, 0.15) is 20.8 Å². The van der Waals surface area contributed by atoms with Crippen molar-refractivity contribution in [3.05, 3.63) is 24.7 Å². The fourth-order valence-corrected chi connectivity index (χ4v) is 1.49. The molecule has 0 unspecified atom stereocenters. The van der Waals surface area contributed by atoms with Gasteiger partial charge >= 0.3 is 0 Å². The lowest BCUT2D eigenvalue weighted by Gasteiger charge is -2.21. The molecule has 0 aromatic carbocycles. The fourth-order valence-electron chi connectivity index (χ4n) is 1.49. The molecule has 0 aliphatic rings. The van der Waals surface area contributed by atoms with Gasteiger partial charge < -0.3 is 10.6 Å². The van der Waals surface area contributed by atoms with E-state index in [4.69, 9.17) is 0 Å². The number of nitrogens with one attached hydrogen (secondary N) is 2. The Hall–Kier alpha value is -2.11. The van der Waals surface area contributed by atoms with Crippen molar-refractivity contribution < 1.29 is 0 Å². The lowest BCUT2D eigenvalue weighted by atomic mass is 10.1. The van der Waals surface area contributed by atoms with E-state index >= 15 is 0 Å². The molecule has 96 valence electrons. The van der Waals surface area contributed by atoms with Gasteiger partial charge in [-0.2, -0.15) is 10.1 Å². The molecule has 0 spiro atoms. The van der Waals surface area contributed by atoms with Crippen LogP contribution in [-0.2, 0) is 7.05 Å². The van der Waals surface area contributed by atoms with Gasteiger partial charge in [-0.3, -0.25) is 4.68 Å². The van der Waals surface area contributed by atoms with Crippen LogP contribution >= 0.6 is 0 Å². The second kappa shape index (κ2) is 4.64. The van der Waals surface area contributed by atoms with E-state index in [2.05, 4.69) is 46.5 Å². The van der Waals surface area contributed by atoms with Crippen LogP contribution in [0.2, 0.25) is 0 Å². The molecule has 0 amide bonds. The summed E-state index contributed by atoms with van der Waals surface area (Å²) in [6.07, 6.45) is 5.32. The molecule has 18 heavy (non-hydrogen) atoms. The monoisotopic (exact) mass is 246 g/mol. The maximum atomic E-state index is 4.39. The number of aryl methyl sites for hydroxylation is 1. The third kappa shape index (κ3) is 3.44. The summed E-state index contributed by atoms with van der Waals surface area (Å²) in [6, 6.07) is 1.85. The molecule has 0 aliphatic heterocycles. The quantitative estimate of drug-likeness (QED) is 0.868. The Morgan fingerprint density at radius 2 is 2.06 bits per heavy atom. The summed E-state index contributed by atoms with van der Waals surface area (Å²) in [5.41, 5.74) is 0.838. The van der Waals surface area contributed by atoms with E-state index in [1.165, 1.54) is 0 Å². The highest BCUT2D eigenvalue weighted by atomic mass is 15.3.